The SMILES string of the molecule is COCCC(C)NC(=O)NCCC(C)CCC(=O)O. The van der Waals surface area contributed by atoms with E-state index in [-0.39, 0.29) is 18.5 Å². The van der Waals surface area contributed by atoms with Crippen molar-refractivity contribution in [2.75, 3.05) is 20.3 Å². The van der Waals surface area contributed by atoms with Crippen LogP contribution in [-0.4, -0.2) is 43.4 Å². The zero-order chi connectivity index (χ0) is 14.7. The van der Waals surface area contributed by atoms with E-state index in [4.69, 9.17) is 9.84 Å². The number of carbonyl (C=O) groups is 2. The summed E-state index contributed by atoms with van der Waals surface area (Å²) in [6.45, 7) is 5.09. The third kappa shape index (κ3) is 11.5. The minimum absolute atomic E-state index is 0.0735. The Balaban J connectivity index is 3.59. The fourth-order valence-corrected chi connectivity index (χ4v) is 1.59. The first kappa shape index (κ1) is 17.7. The Hall–Kier alpha value is -1.30. The van der Waals surface area contributed by atoms with Gasteiger partial charge in [-0.25, -0.2) is 4.79 Å². The van der Waals surface area contributed by atoms with Gasteiger partial charge in [0.2, 0.25) is 0 Å². The van der Waals surface area contributed by atoms with E-state index in [0.717, 1.165) is 12.8 Å². The summed E-state index contributed by atoms with van der Waals surface area (Å²) in [5, 5.41) is 14.1. The van der Waals surface area contributed by atoms with Gasteiger partial charge in [0, 0.05) is 32.7 Å². The van der Waals surface area contributed by atoms with Crippen molar-refractivity contribution < 1.29 is 19.4 Å². The Labute approximate surface area is 114 Å². The molecule has 0 aliphatic carbocycles. The lowest BCUT2D eigenvalue weighted by atomic mass is 10.0. The molecule has 19 heavy (non-hydrogen) atoms. The van der Waals surface area contributed by atoms with Crippen LogP contribution in [0.1, 0.15) is 39.5 Å². The summed E-state index contributed by atoms with van der Waals surface area (Å²) < 4.78 is 4.93. The number of aliphatic carboxylic acids is 1. The minimum atomic E-state index is -0.774. The Bertz CT molecular complexity index is 271. The summed E-state index contributed by atoms with van der Waals surface area (Å²) in [5.41, 5.74) is 0. The van der Waals surface area contributed by atoms with Crippen molar-refractivity contribution in [3.05, 3.63) is 0 Å². The molecule has 0 heterocycles. The molecule has 6 nitrogen and oxygen atoms in total. The van der Waals surface area contributed by atoms with E-state index in [1.165, 1.54) is 0 Å². The summed E-state index contributed by atoms with van der Waals surface area (Å²) in [5.74, 6) is -0.480. The summed E-state index contributed by atoms with van der Waals surface area (Å²) in [6, 6.07) is -0.113. The number of carbonyl (C=O) groups excluding carboxylic acids is 1. The molecule has 0 bridgehead atoms. The molecular formula is C13H26N2O4. The zero-order valence-corrected chi connectivity index (χ0v) is 12.1. The predicted molar refractivity (Wildman–Crippen MR) is 73.1 cm³/mol. The van der Waals surface area contributed by atoms with E-state index in [0.29, 0.717) is 25.5 Å². The van der Waals surface area contributed by atoms with Gasteiger partial charge >= 0.3 is 12.0 Å². The Morgan fingerprint density at radius 1 is 1.21 bits per heavy atom. The van der Waals surface area contributed by atoms with E-state index < -0.39 is 5.97 Å². The van der Waals surface area contributed by atoms with Gasteiger partial charge in [0.1, 0.15) is 0 Å². The maximum absolute atomic E-state index is 11.5. The van der Waals surface area contributed by atoms with Crippen LogP contribution in [0, 0.1) is 5.92 Å². The lowest BCUT2D eigenvalue weighted by Gasteiger charge is -2.15. The molecule has 2 atom stereocenters. The normalized spacial score (nSPS) is 13.6. The highest BCUT2D eigenvalue weighted by Crippen LogP contribution is 2.08. The molecule has 3 N–H and O–H groups in total. The molecule has 0 aromatic rings. The highest BCUT2D eigenvalue weighted by molar-refractivity contribution is 5.74. The maximum atomic E-state index is 11.5. The number of amides is 2. The molecule has 0 aromatic heterocycles. The molecule has 0 spiro atoms. The molecule has 112 valence electrons. The molecule has 0 rings (SSSR count). The number of carboxylic acids is 1. The molecule has 0 aliphatic heterocycles. The second kappa shape index (κ2) is 10.6. The van der Waals surface area contributed by atoms with Gasteiger partial charge in [-0.15, -0.1) is 0 Å². The average Bonchev–Trinajstić information content (AvgIpc) is 2.33. The standard InChI is InChI=1S/C13H26N2O4/c1-10(4-5-12(16)17)6-8-14-13(18)15-11(2)7-9-19-3/h10-11H,4-9H2,1-3H3,(H,16,17)(H2,14,15,18). The number of rotatable bonds is 10. The van der Waals surface area contributed by atoms with Crippen molar-refractivity contribution in [3.63, 3.8) is 0 Å². The minimum Gasteiger partial charge on any atom is -0.481 e. The second-order valence-corrected chi connectivity index (χ2v) is 4.91. The van der Waals surface area contributed by atoms with E-state index in [9.17, 15) is 9.59 Å². The third-order valence-corrected chi connectivity index (χ3v) is 2.91. The van der Waals surface area contributed by atoms with Crippen LogP contribution in [0.4, 0.5) is 4.79 Å². The molecule has 0 aromatic carbocycles. The van der Waals surface area contributed by atoms with Crippen LogP contribution >= 0.6 is 0 Å². The maximum Gasteiger partial charge on any atom is 0.314 e. The summed E-state index contributed by atoms with van der Waals surface area (Å²) in [7, 11) is 1.63. The molecule has 0 aliphatic rings. The quantitative estimate of drug-likeness (QED) is 0.564. The molecule has 6 heteroatoms. The number of methoxy groups -OCH3 is 1. The predicted octanol–water partition coefficient (Wildman–Crippen LogP) is 1.60. The summed E-state index contributed by atoms with van der Waals surface area (Å²) in [6.07, 6.45) is 2.39. The van der Waals surface area contributed by atoms with Crippen LogP contribution in [-0.2, 0) is 9.53 Å². The summed E-state index contributed by atoms with van der Waals surface area (Å²) in [4.78, 5) is 21.9. The number of urea groups is 1. The van der Waals surface area contributed by atoms with Crippen LogP contribution in [0.2, 0.25) is 0 Å². The van der Waals surface area contributed by atoms with Crippen molar-refractivity contribution in [3.8, 4) is 0 Å². The highest BCUT2D eigenvalue weighted by atomic mass is 16.5. The smallest absolute Gasteiger partial charge is 0.314 e. The van der Waals surface area contributed by atoms with Crippen molar-refractivity contribution in [1.29, 1.82) is 0 Å². The zero-order valence-electron chi connectivity index (χ0n) is 12.1. The van der Waals surface area contributed by atoms with E-state index in [2.05, 4.69) is 10.6 Å². The topological polar surface area (TPSA) is 87.7 Å². The number of nitrogens with one attached hydrogen (secondary N) is 2. The van der Waals surface area contributed by atoms with Crippen molar-refractivity contribution in [2.24, 2.45) is 5.92 Å². The van der Waals surface area contributed by atoms with Crippen LogP contribution in [0.5, 0.6) is 0 Å². The van der Waals surface area contributed by atoms with Gasteiger partial charge in [-0.2, -0.15) is 0 Å². The largest absolute Gasteiger partial charge is 0.481 e. The highest BCUT2D eigenvalue weighted by Gasteiger charge is 2.08. The molecule has 0 saturated carbocycles. The van der Waals surface area contributed by atoms with Gasteiger partial charge in [-0.3, -0.25) is 4.79 Å². The number of hydrogen-bond donors (Lipinski definition) is 3. The Morgan fingerprint density at radius 2 is 1.89 bits per heavy atom. The second-order valence-electron chi connectivity index (χ2n) is 4.91. The fourth-order valence-electron chi connectivity index (χ4n) is 1.59. The van der Waals surface area contributed by atoms with Gasteiger partial charge in [0.15, 0.2) is 0 Å². The van der Waals surface area contributed by atoms with E-state index in [1.807, 2.05) is 13.8 Å². The Morgan fingerprint density at radius 3 is 2.47 bits per heavy atom. The molecular weight excluding hydrogens is 248 g/mol. The molecule has 0 fully saturated rings. The summed E-state index contributed by atoms with van der Waals surface area (Å²) >= 11 is 0. The van der Waals surface area contributed by atoms with Crippen LogP contribution in [0.15, 0.2) is 0 Å². The van der Waals surface area contributed by atoms with Gasteiger partial charge in [0.25, 0.3) is 0 Å². The molecule has 0 radical (unpaired) electrons. The van der Waals surface area contributed by atoms with Gasteiger partial charge in [0.05, 0.1) is 0 Å². The number of carboxylic acid groups (broad SMARTS) is 1. The number of ether oxygens (including phenoxy) is 1. The van der Waals surface area contributed by atoms with Crippen LogP contribution in [0.25, 0.3) is 0 Å². The van der Waals surface area contributed by atoms with Crippen molar-refractivity contribution in [2.45, 2.75) is 45.6 Å². The first-order valence-electron chi connectivity index (χ1n) is 6.70. The van der Waals surface area contributed by atoms with Crippen LogP contribution < -0.4 is 10.6 Å². The lowest BCUT2D eigenvalue weighted by Crippen LogP contribution is -2.41. The lowest BCUT2D eigenvalue weighted by molar-refractivity contribution is -0.137. The molecule has 0 saturated heterocycles. The van der Waals surface area contributed by atoms with Gasteiger partial charge < -0.3 is 20.5 Å². The molecule has 2 amide bonds. The van der Waals surface area contributed by atoms with Crippen molar-refractivity contribution >= 4 is 12.0 Å². The third-order valence-electron chi connectivity index (χ3n) is 2.91. The molecule has 2 unspecified atom stereocenters. The van der Waals surface area contributed by atoms with E-state index >= 15 is 0 Å². The van der Waals surface area contributed by atoms with Crippen LogP contribution in [0.3, 0.4) is 0 Å². The van der Waals surface area contributed by atoms with Crippen molar-refractivity contribution in [1.82, 2.24) is 10.6 Å². The van der Waals surface area contributed by atoms with E-state index in [1.54, 1.807) is 7.11 Å². The monoisotopic (exact) mass is 274 g/mol. The fraction of sp³-hybridized carbons (Fsp3) is 0.846. The first-order valence-corrected chi connectivity index (χ1v) is 6.70. The van der Waals surface area contributed by atoms with Gasteiger partial charge in [-0.1, -0.05) is 6.92 Å². The first-order chi connectivity index (χ1) is 8.95. The van der Waals surface area contributed by atoms with Gasteiger partial charge in [-0.05, 0) is 32.1 Å². The Kier molecular flexibility index (Phi) is 9.88. The average molecular weight is 274 g/mol. The number of hydrogen-bond acceptors (Lipinski definition) is 3.